The van der Waals surface area contributed by atoms with Crippen LogP contribution >= 0.6 is 0 Å². The molecular weight excluding hydrogens is 513 g/mol. The minimum atomic E-state index is -4.56. The number of amides is 1. The number of nitrogens with zero attached hydrogens (tertiary/aromatic N) is 4. The van der Waals surface area contributed by atoms with Gasteiger partial charge >= 0.3 is 6.18 Å². The standard InChI is InChI=1S/C24H27F3N4O5S/c1-37(33,34)36-22(16-4-6-17(7-5-16)24(25,26)27)23(32)31-9-8-30-14-19(10-18(30)13-31)35-21-12-28-20(11-29-21)15-2-3-15/h4-7,11-12,15,18-19,22H,2-3,8-10,13-14H2,1H3/t18-,19+,22?/m0/s1. The van der Waals surface area contributed by atoms with Gasteiger partial charge in [0.05, 0.1) is 29.9 Å². The highest BCUT2D eigenvalue weighted by molar-refractivity contribution is 7.86. The van der Waals surface area contributed by atoms with Crippen LogP contribution in [0.3, 0.4) is 0 Å². The van der Waals surface area contributed by atoms with Crippen LogP contribution in [-0.4, -0.2) is 78.7 Å². The summed E-state index contributed by atoms with van der Waals surface area (Å²) in [6, 6.07) is 3.73. The van der Waals surface area contributed by atoms with Crippen molar-refractivity contribution >= 4 is 16.0 Å². The van der Waals surface area contributed by atoms with Crippen molar-refractivity contribution in [1.82, 2.24) is 19.8 Å². The number of halogens is 3. The van der Waals surface area contributed by atoms with Gasteiger partial charge in [-0.1, -0.05) is 12.1 Å². The summed E-state index contributed by atoms with van der Waals surface area (Å²) in [5, 5.41) is 0. The SMILES string of the molecule is CS(=O)(=O)OC(C(=O)N1CCN2C[C@H](Oc3cnc(C4CC4)cn3)C[C@H]2C1)c1ccc(C(F)(F)F)cc1. The molecule has 2 aromatic rings. The van der Waals surface area contributed by atoms with Crippen molar-refractivity contribution in [3.63, 3.8) is 0 Å². The Morgan fingerprint density at radius 3 is 2.41 bits per heavy atom. The maximum atomic E-state index is 13.4. The quantitative estimate of drug-likeness (QED) is 0.494. The lowest BCUT2D eigenvalue weighted by Crippen LogP contribution is -2.53. The molecule has 0 spiro atoms. The van der Waals surface area contributed by atoms with E-state index in [-0.39, 0.29) is 17.7 Å². The molecule has 13 heteroatoms. The zero-order valence-corrected chi connectivity index (χ0v) is 20.9. The van der Waals surface area contributed by atoms with Crippen molar-refractivity contribution in [2.75, 3.05) is 32.4 Å². The molecule has 1 unspecified atom stereocenters. The van der Waals surface area contributed by atoms with E-state index in [9.17, 15) is 26.4 Å². The van der Waals surface area contributed by atoms with Gasteiger partial charge in [-0.3, -0.25) is 18.9 Å². The number of carbonyl (C=O) groups excluding carboxylic acids is 1. The summed E-state index contributed by atoms with van der Waals surface area (Å²) in [5.74, 6) is 0.338. The molecule has 0 radical (unpaired) electrons. The largest absolute Gasteiger partial charge is 0.472 e. The Hall–Kier alpha value is -2.77. The summed E-state index contributed by atoms with van der Waals surface area (Å²) in [7, 11) is -4.07. The summed E-state index contributed by atoms with van der Waals surface area (Å²) in [5.41, 5.74) is 0.107. The van der Waals surface area contributed by atoms with Gasteiger partial charge in [0.15, 0.2) is 6.10 Å². The highest BCUT2D eigenvalue weighted by atomic mass is 32.2. The van der Waals surface area contributed by atoms with Crippen molar-refractivity contribution in [2.45, 2.75) is 49.6 Å². The van der Waals surface area contributed by atoms with Crippen molar-refractivity contribution in [3.05, 3.63) is 53.5 Å². The molecule has 1 aromatic heterocycles. The summed E-state index contributed by atoms with van der Waals surface area (Å²) in [4.78, 5) is 25.8. The number of piperazine rings is 1. The third kappa shape index (κ3) is 6.21. The van der Waals surface area contributed by atoms with Crippen LogP contribution < -0.4 is 4.74 Å². The molecule has 37 heavy (non-hydrogen) atoms. The van der Waals surface area contributed by atoms with E-state index >= 15 is 0 Å². The van der Waals surface area contributed by atoms with Gasteiger partial charge in [0.2, 0.25) is 5.88 Å². The fraction of sp³-hybridized carbons (Fsp3) is 0.542. The van der Waals surface area contributed by atoms with Gasteiger partial charge in [-0.25, -0.2) is 4.98 Å². The summed E-state index contributed by atoms with van der Waals surface area (Å²) < 4.78 is 73.7. The maximum Gasteiger partial charge on any atom is 0.416 e. The molecule has 1 aliphatic carbocycles. The van der Waals surface area contributed by atoms with E-state index in [0.717, 1.165) is 49.1 Å². The van der Waals surface area contributed by atoms with Gasteiger partial charge in [-0.15, -0.1) is 0 Å². The van der Waals surface area contributed by atoms with Crippen molar-refractivity contribution in [3.8, 4) is 5.88 Å². The predicted octanol–water partition coefficient (Wildman–Crippen LogP) is 2.75. The van der Waals surface area contributed by atoms with Crippen LogP contribution in [0.25, 0.3) is 0 Å². The highest BCUT2D eigenvalue weighted by Crippen LogP contribution is 2.39. The molecule has 2 aliphatic heterocycles. The van der Waals surface area contributed by atoms with E-state index in [1.165, 1.54) is 4.90 Å². The number of ether oxygens (including phenoxy) is 1. The van der Waals surface area contributed by atoms with E-state index in [1.54, 1.807) is 12.4 Å². The van der Waals surface area contributed by atoms with Gasteiger partial charge in [0, 0.05) is 44.6 Å². The van der Waals surface area contributed by atoms with Gasteiger partial charge in [0.25, 0.3) is 16.0 Å². The average molecular weight is 541 g/mol. The second-order valence-electron chi connectivity index (χ2n) is 9.76. The van der Waals surface area contributed by atoms with Crippen molar-refractivity contribution in [1.29, 1.82) is 0 Å². The molecule has 1 amide bonds. The van der Waals surface area contributed by atoms with Crippen LogP contribution in [0.5, 0.6) is 5.88 Å². The predicted molar refractivity (Wildman–Crippen MR) is 125 cm³/mol. The molecule has 1 saturated carbocycles. The number of hydrogen-bond donors (Lipinski definition) is 0. The lowest BCUT2D eigenvalue weighted by Gasteiger charge is -2.38. The van der Waals surface area contributed by atoms with Crippen molar-refractivity contribution < 1.29 is 35.3 Å². The first-order chi connectivity index (χ1) is 17.5. The van der Waals surface area contributed by atoms with Crippen LogP contribution in [0, 0.1) is 0 Å². The Morgan fingerprint density at radius 1 is 1.08 bits per heavy atom. The molecule has 0 bridgehead atoms. The monoisotopic (exact) mass is 540 g/mol. The van der Waals surface area contributed by atoms with E-state index in [4.69, 9.17) is 8.92 Å². The Kier molecular flexibility index (Phi) is 6.88. The molecular formula is C24H27F3N4O5S. The number of alkyl halides is 3. The second-order valence-corrected chi connectivity index (χ2v) is 11.4. The zero-order valence-electron chi connectivity index (χ0n) is 20.1. The van der Waals surface area contributed by atoms with E-state index in [0.29, 0.717) is 44.4 Å². The second kappa shape index (κ2) is 9.84. The number of aromatic nitrogens is 2. The molecule has 0 N–H and O–H groups in total. The third-order valence-electron chi connectivity index (χ3n) is 6.86. The van der Waals surface area contributed by atoms with Gasteiger partial charge in [-0.05, 0) is 30.5 Å². The lowest BCUT2D eigenvalue weighted by molar-refractivity contribution is -0.141. The van der Waals surface area contributed by atoms with E-state index < -0.39 is 33.9 Å². The highest BCUT2D eigenvalue weighted by Gasteiger charge is 2.41. The first-order valence-electron chi connectivity index (χ1n) is 12.0. The Morgan fingerprint density at radius 2 is 1.81 bits per heavy atom. The molecule has 3 atom stereocenters. The Bertz CT molecular complexity index is 1240. The molecule has 200 valence electrons. The summed E-state index contributed by atoms with van der Waals surface area (Å²) in [6.07, 6.45) is 0.824. The van der Waals surface area contributed by atoms with Crippen LogP contribution in [0.4, 0.5) is 13.2 Å². The topological polar surface area (TPSA) is 102 Å². The minimum absolute atomic E-state index is 0.0205. The minimum Gasteiger partial charge on any atom is -0.472 e. The molecule has 3 fully saturated rings. The molecule has 1 aromatic carbocycles. The summed E-state index contributed by atoms with van der Waals surface area (Å²) in [6.45, 7) is 1.83. The lowest BCUT2D eigenvalue weighted by atomic mass is 10.0. The smallest absolute Gasteiger partial charge is 0.416 e. The van der Waals surface area contributed by atoms with E-state index in [1.807, 2.05) is 0 Å². The third-order valence-corrected chi connectivity index (χ3v) is 7.40. The Labute approximate surface area is 212 Å². The number of benzene rings is 1. The number of rotatable bonds is 7. The fourth-order valence-electron chi connectivity index (χ4n) is 4.86. The number of hydrogen-bond acceptors (Lipinski definition) is 8. The molecule has 5 rings (SSSR count). The normalized spacial score (nSPS) is 23.5. The van der Waals surface area contributed by atoms with Crippen LogP contribution in [0.2, 0.25) is 0 Å². The van der Waals surface area contributed by atoms with E-state index in [2.05, 4.69) is 14.9 Å². The van der Waals surface area contributed by atoms with Crippen LogP contribution in [-0.2, 0) is 25.3 Å². The van der Waals surface area contributed by atoms with Gasteiger partial charge < -0.3 is 9.64 Å². The summed E-state index contributed by atoms with van der Waals surface area (Å²) >= 11 is 0. The van der Waals surface area contributed by atoms with Crippen LogP contribution in [0.1, 0.15) is 48.1 Å². The van der Waals surface area contributed by atoms with Crippen LogP contribution in [0.15, 0.2) is 36.7 Å². The fourth-order valence-corrected chi connectivity index (χ4v) is 5.40. The Balaban J connectivity index is 1.24. The molecule has 3 aliphatic rings. The maximum absolute atomic E-state index is 13.4. The average Bonchev–Trinajstić information content (AvgIpc) is 3.61. The molecule has 2 saturated heterocycles. The first kappa shape index (κ1) is 25.9. The van der Waals surface area contributed by atoms with Gasteiger partial charge in [0.1, 0.15) is 6.10 Å². The van der Waals surface area contributed by atoms with Crippen molar-refractivity contribution in [2.24, 2.45) is 0 Å². The molecule has 9 nitrogen and oxygen atoms in total. The number of fused-ring (bicyclic) bond motifs is 1. The van der Waals surface area contributed by atoms with Gasteiger partial charge in [-0.2, -0.15) is 21.6 Å². The number of carbonyl (C=O) groups is 1. The molecule has 3 heterocycles. The first-order valence-corrected chi connectivity index (χ1v) is 13.8. The zero-order chi connectivity index (χ0) is 26.4.